The van der Waals surface area contributed by atoms with Gasteiger partial charge >= 0.3 is 0 Å². The highest BCUT2D eigenvalue weighted by atomic mass is 19.1. The Bertz CT molecular complexity index is 1570. The number of carbonyl (C=O) groups excluding carboxylic acids is 1. The van der Waals surface area contributed by atoms with E-state index in [1.54, 1.807) is 35.1 Å². The van der Waals surface area contributed by atoms with Gasteiger partial charge in [-0.1, -0.05) is 30.3 Å². The fourth-order valence-electron chi connectivity index (χ4n) is 4.17. The Labute approximate surface area is 202 Å². The third kappa shape index (κ3) is 4.19. The van der Waals surface area contributed by atoms with Crippen LogP contribution in [0.25, 0.3) is 28.0 Å². The van der Waals surface area contributed by atoms with E-state index in [1.165, 1.54) is 12.1 Å². The Morgan fingerprint density at radius 1 is 1.03 bits per heavy atom. The molecule has 0 radical (unpaired) electrons. The summed E-state index contributed by atoms with van der Waals surface area (Å²) in [5.41, 5.74) is 5.15. The van der Waals surface area contributed by atoms with Crippen LogP contribution in [0, 0.1) is 19.7 Å². The Morgan fingerprint density at radius 3 is 2.57 bits per heavy atom. The number of halogens is 1. The van der Waals surface area contributed by atoms with Gasteiger partial charge in [0.25, 0.3) is 5.91 Å². The smallest absolute Gasteiger partial charge is 0.257 e. The average molecular weight is 469 g/mol. The van der Waals surface area contributed by atoms with Crippen molar-refractivity contribution in [1.29, 1.82) is 0 Å². The minimum absolute atomic E-state index is 0.0765. The van der Waals surface area contributed by atoms with Crippen LogP contribution in [0.3, 0.4) is 0 Å². The zero-order valence-corrected chi connectivity index (χ0v) is 20.0. The lowest BCUT2D eigenvalue weighted by Gasteiger charge is -2.12. The molecule has 0 bridgehead atoms. The maximum atomic E-state index is 13.7. The van der Waals surface area contributed by atoms with Crippen molar-refractivity contribution in [3.05, 3.63) is 89.5 Å². The number of amides is 1. The van der Waals surface area contributed by atoms with Crippen LogP contribution < -0.4 is 5.32 Å². The highest BCUT2D eigenvalue weighted by Gasteiger charge is 2.20. The van der Waals surface area contributed by atoms with Crippen molar-refractivity contribution in [1.82, 2.24) is 24.5 Å². The minimum Gasteiger partial charge on any atom is -0.305 e. The number of nitrogens with zero attached hydrogens (tertiary/aromatic N) is 5. The number of rotatable bonds is 5. The average Bonchev–Trinajstić information content (AvgIpc) is 3.42. The Morgan fingerprint density at radius 2 is 1.83 bits per heavy atom. The van der Waals surface area contributed by atoms with E-state index in [0.717, 1.165) is 16.8 Å². The normalized spacial score (nSPS) is 11.4. The quantitative estimate of drug-likeness (QED) is 0.350. The Kier molecular flexibility index (Phi) is 5.64. The number of benzene rings is 2. The molecule has 7 nitrogen and oxygen atoms in total. The van der Waals surface area contributed by atoms with Crippen molar-refractivity contribution in [2.45, 2.75) is 33.7 Å². The lowest BCUT2D eigenvalue weighted by Crippen LogP contribution is -2.14. The van der Waals surface area contributed by atoms with E-state index in [0.29, 0.717) is 33.8 Å². The van der Waals surface area contributed by atoms with Crippen LogP contribution in [0.15, 0.2) is 66.9 Å². The summed E-state index contributed by atoms with van der Waals surface area (Å²) in [6.07, 6.45) is 1.68. The van der Waals surface area contributed by atoms with Crippen LogP contribution in [-0.4, -0.2) is 30.5 Å². The Hall–Kier alpha value is -4.33. The number of fused-ring (bicyclic) bond motifs is 1. The first kappa shape index (κ1) is 22.5. The molecule has 0 saturated heterocycles. The molecule has 1 amide bonds. The molecule has 0 atom stereocenters. The van der Waals surface area contributed by atoms with E-state index in [2.05, 4.69) is 15.5 Å². The van der Waals surface area contributed by atoms with Gasteiger partial charge < -0.3 is 5.32 Å². The first-order chi connectivity index (χ1) is 16.8. The van der Waals surface area contributed by atoms with Crippen molar-refractivity contribution in [2.24, 2.45) is 0 Å². The van der Waals surface area contributed by atoms with Gasteiger partial charge in [-0.3, -0.25) is 4.79 Å². The van der Waals surface area contributed by atoms with Crippen LogP contribution in [-0.2, 0) is 0 Å². The minimum atomic E-state index is -0.354. The number of pyridine rings is 1. The van der Waals surface area contributed by atoms with Gasteiger partial charge in [0.2, 0.25) is 0 Å². The van der Waals surface area contributed by atoms with E-state index >= 15 is 0 Å². The molecule has 5 aromatic rings. The third-order valence-corrected chi connectivity index (χ3v) is 5.90. The number of hydrogen-bond acceptors (Lipinski definition) is 4. The number of hydrogen-bond donors (Lipinski definition) is 1. The number of anilines is 1. The summed E-state index contributed by atoms with van der Waals surface area (Å²) >= 11 is 0. The lowest BCUT2D eigenvalue weighted by atomic mass is 10.0. The van der Waals surface area contributed by atoms with Crippen LogP contribution in [0.2, 0.25) is 0 Å². The molecule has 0 aliphatic heterocycles. The summed E-state index contributed by atoms with van der Waals surface area (Å²) in [6, 6.07) is 17.7. The molecule has 2 aromatic carbocycles. The fraction of sp³-hybridized carbons (Fsp3) is 0.185. The molecule has 3 heterocycles. The van der Waals surface area contributed by atoms with E-state index in [9.17, 15) is 9.18 Å². The maximum Gasteiger partial charge on any atom is 0.257 e. The van der Waals surface area contributed by atoms with Crippen LogP contribution >= 0.6 is 0 Å². The molecular formula is C27H25FN6O. The molecule has 0 unspecified atom stereocenters. The predicted octanol–water partition coefficient (Wildman–Crippen LogP) is 5.87. The number of carbonyl (C=O) groups is 1. The van der Waals surface area contributed by atoms with E-state index < -0.39 is 0 Å². The second-order valence-electron chi connectivity index (χ2n) is 8.81. The molecule has 0 saturated carbocycles. The number of aromatic nitrogens is 5. The molecule has 3 aromatic heterocycles. The van der Waals surface area contributed by atoms with Gasteiger partial charge in [-0.05, 0) is 57.5 Å². The molecule has 5 rings (SSSR count). The highest BCUT2D eigenvalue weighted by molar-refractivity contribution is 6.12. The van der Waals surface area contributed by atoms with E-state index in [1.807, 2.05) is 56.6 Å². The summed E-state index contributed by atoms with van der Waals surface area (Å²) in [4.78, 5) is 18.4. The van der Waals surface area contributed by atoms with Crippen molar-refractivity contribution in [2.75, 3.05) is 5.32 Å². The van der Waals surface area contributed by atoms with Gasteiger partial charge in [0, 0.05) is 23.4 Å². The highest BCUT2D eigenvalue weighted by Crippen LogP contribution is 2.29. The van der Waals surface area contributed by atoms with Gasteiger partial charge in [-0.25, -0.2) is 18.7 Å². The monoisotopic (exact) mass is 468 g/mol. The van der Waals surface area contributed by atoms with Crippen molar-refractivity contribution >= 4 is 22.8 Å². The van der Waals surface area contributed by atoms with Crippen LogP contribution in [0.5, 0.6) is 0 Å². The summed E-state index contributed by atoms with van der Waals surface area (Å²) < 4.78 is 17.1. The molecule has 0 aliphatic rings. The summed E-state index contributed by atoms with van der Waals surface area (Å²) in [6.45, 7) is 7.91. The molecule has 0 aliphatic carbocycles. The topological polar surface area (TPSA) is 77.6 Å². The molecule has 1 N–H and O–H groups in total. The molecule has 0 fully saturated rings. The van der Waals surface area contributed by atoms with Gasteiger partial charge in [0.15, 0.2) is 11.5 Å². The van der Waals surface area contributed by atoms with Crippen molar-refractivity contribution in [3.8, 4) is 16.9 Å². The second-order valence-corrected chi connectivity index (χ2v) is 8.81. The first-order valence-corrected chi connectivity index (χ1v) is 11.4. The number of nitrogens with one attached hydrogen (secondary N) is 1. The SMILES string of the molecule is Cc1ccccc1-c1cc(C(=O)Nc2cc(C)n(-c3cccc(F)c3)n2)c2cnn(C(C)C)c2n1. The third-order valence-electron chi connectivity index (χ3n) is 5.90. The molecule has 176 valence electrons. The summed E-state index contributed by atoms with van der Waals surface area (Å²) in [5.74, 6) is -0.303. The maximum absolute atomic E-state index is 13.7. The van der Waals surface area contributed by atoms with Crippen LogP contribution in [0.1, 0.15) is 41.5 Å². The first-order valence-electron chi connectivity index (χ1n) is 11.4. The zero-order chi connectivity index (χ0) is 24.7. The molecule has 0 spiro atoms. The van der Waals surface area contributed by atoms with Crippen molar-refractivity contribution < 1.29 is 9.18 Å². The zero-order valence-electron chi connectivity index (χ0n) is 20.0. The second kappa shape index (κ2) is 8.79. The molecule has 35 heavy (non-hydrogen) atoms. The fourth-order valence-corrected chi connectivity index (χ4v) is 4.17. The van der Waals surface area contributed by atoms with E-state index in [4.69, 9.17) is 4.98 Å². The predicted molar refractivity (Wildman–Crippen MR) is 134 cm³/mol. The number of aryl methyl sites for hydroxylation is 2. The van der Waals surface area contributed by atoms with Gasteiger partial charge in [-0.2, -0.15) is 5.10 Å². The Balaban J connectivity index is 1.57. The van der Waals surface area contributed by atoms with Crippen molar-refractivity contribution in [3.63, 3.8) is 0 Å². The van der Waals surface area contributed by atoms with E-state index in [-0.39, 0.29) is 17.8 Å². The molecule has 8 heteroatoms. The largest absolute Gasteiger partial charge is 0.305 e. The van der Waals surface area contributed by atoms with Crippen LogP contribution in [0.4, 0.5) is 10.2 Å². The van der Waals surface area contributed by atoms with Gasteiger partial charge in [-0.15, -0.1) is 5.10 Å². The standard InChI is InChI=1S/C27H25FN6O/c1-16(2)33-26-23(15-29-33)22(14-24(30-26)21-11-6-5-8-17(21)3)27(35)31-25-12-18(4)34(32-25)20-10-7-9-19(28)13-20/h5-16H,1-4H3,(H,31,32,35). The summed E-state index contributed by atoms with van der Waals surface area (Å²) in [7, 11) is 0. The lowest BCUT2D eigenvalue weighted by molar-refractivity contribution is 0.102. The summed E-state index contributed by atoms with van der Waals surface area (Å²) in [5, 5.41) is 12.5. The van der Waals surface area contributed by atoms with Gasteiger partial charge in [0.05, 0.1) is 28.5 Å². The van der Waals surface area contributed by atoms with Gasteiger partial charge in [0.1, 0.15) is 5.82 Å². The molecular weight excluding hydrogens is 443 g/mol.